The Kier molecular flexibility index (Phi) is 15.2. The SMILES string of the molecule is C[C@H]1C[C@@H](NS(C)(=O)=O)[C@H](O[C@@]2(O)OC[C@](C)(O)[C@H](N(C)S(C)(=O)=O)[C@H]2O)[C@@H](O)[C@@H]1O[C@H]1OC(CNC(=O)OCc2cccc([N+](=O)[O-])c2)=CC[C@H]1NC(=O)OC(C)(C)C. The Bertz CT molecular complexity index is 1980. The molecular formula is C35H55N5O18S2. The van der Waals surface area contributed by atoms with Crippen LogP contribution in [0.1, 0.15) is 53.0 Å². The molecule has 1 saturated carbocycles. The van der Waals surface area contributed by atoms with Crippen LogP contribution in [-0.2, 0) is 55.1 Å². The molecule has 2 fully saturated rings. The number of carbonyl (C=O) groups excluding carboxylic acids is 2. The Labute approximate surface area is 347 Å². The van der Waals surface area contributed by atoms with Crippen molar-refractivity contribution < 1.29 is 80.2 Å². The summed E-state index contributed by atoms with van der Waals surface area (Å²) in [5.41, 5.74) is -2.80. The van der Waals surface area contributed by atoms with Gasteiger partial charge in [-0.3, -0.25) is 10.1 Å². The summed E-state index contributed by atoms with van der Waals surface area (Å²) in [4.78, 5) is 36.0. The van der Waals surface area contributed by atoms with Gasteiger partial charge in [-0.1, -0.05) is 19.1 Å². The number of carbonyl (C=O) groups is 2. The van der Waals surface area contributed by atoms with Crippen molar-refractivity contribution in [1.82, 2.24) is 19.7 Å². The molecule has 1 aromatic carbocycles. The van der Waals surface area contributed by atoms with E-state index in [2.05, 4.69) is 15.4 Å². The second-order valence-corrected chi connectivity index (χ2v) is 20.2. The number of aliphatic hydroxyl groups excluding tert-OH is 2. The van der Waals surface area contributed by atoms with Crippen molar-refractivity contribution in [1.29, 1.82) is 0 Å². The number of sulfonamides is 2. The molecule has 0 spiro atoms. The van der Waals surface area contributed by atoms with E-state index in [1.165, 1.54) is 30.3 Å². The van der Waals surface area contributed by atoms with Crippen molar-refractivity contribution in [3.8, 4) is 0 Å². The van der Waals surface area contributed by atoms with Gasteiger partial charge in [0.15, 0.2) is 6.10 Å². The highest BCUT2D eigenvalue weighted by molar-refractivity contribution is 7.88. The molecule has 0 unspecified atom stereocenters. The third kappa shape index (κ3) is 12.9. The summed E-state index contributed by atoms with van der Waals surface area (Å²) in [6, 6.07) is 1.45. The molecule has 0 aromatic heterocycles. The normalized spacial score (nSPS) is 32.6. The van der Waals surface area contributed by atoms with E-state index < -0.39 is 116 Å². The quantitative estimate of drug-likeness (QED) is 0.0702. The first-order valence-electron chi connectivity index (χ1n) is 18.7. The van der Waals surface area contributed by atoms with Crippen LogP contribution >= 0.6 is 0 Å². The van der Waals surface area contributed by atoms with E-state index in [1.54, 1.807) is 27.7 Å². The Morgan fingerprint density at radius 2 is 1.75 bits per heavy atom. The number of hydrogen-bond donors (Lipinski definition) is 7. The van der Waals surface area contributed by atoms with Crippen molar-refractivity contribution in [2.24, 2.45) is 5.92 Å². The maximum Gasteiger partial charge on any atom is 0.408 e. The van der Waals surface area contributed by atoms with Gasteiger partial charge >= 0.3 is 18.2 Å². The second-order valence-electron chi connectivity index (χ2n) is 16.3. The zero-order valence-corrected chi connectivity index (χ0v) is 36.0. The molecule has 25 heteroatoms. The van der Waals surface area contributed by atoms with Gasteiger partial charge in [-0.05, 0) is 58.1 Å². The van der Waals surface area contributed by atoms with Crippen LogP contribution in [0.5, 0.6) is 0 Å². The fourth-order valence-electron chi connectivity index (χ4n) is 6.99. The Morgan fingerprint density at radius 3 is 2.35 bits per heavy atom. The molecule has 0 bridgehead atoms. The number of rotatable bonds is 14. The molecule has 2 heterocycles. The minimum absolute atomic E-state index is 0.0357. The summed E-state index contributed by atoms with van der Waals surface area (Å²) in [5.74, 6) is -3.73. The van der Waals surface area contributed by atoms with Crippen LogP contribution in [0.4, 0.5) is 15.3 Å². The Morgan fingerprint density at radius 1 is 1.08 bits per heavy atom. The van der Waals surface area contributed by atoms with Crippen LogP contribution in [0.2, 0.25) is 0 Å². The summed E-state index contributed by atoms with van der Waals surface area (Å²) < 4.78 is 87.1. The average molecular weight is 898 g/mol. The highest BCUT2D eigenvalue weighted by Crippen LogP contribution is 2.39. The molecule has 340 valence electrons. The summed E-state index contributed by atoms with van der Waals surface area (Å²) in [5, 5.41) is 62.1. The van der Waals surface area contributed by atoms with E-state index in [1.807, 2.05) is 0 Å². The number of nitro benzene ring substituents is 1. The van der Waals surface area contributed by atoms with Gasteiger partial charge in [-0.15, -0.1) is 0 Å². The van der Waals surface area contributed by atoms with Crippen molar-refractivity contribution in [2.45, 2.75) is 120 Å². The fraction of sp³-hybridized carbons (Fsp3) is 0.714. The molecule has 23 nitrogen and oxygen atoms in total. The van der Waals surface area contributed by atoms with Crippen LogP contribution in [-0.4, -0.2) is 157 Å². The smallest absolute Gasteiger partial charge is 0.408 e. The number of nitrogens with zero attached hydrogens (tertiary/aromatic N) is 2. The molecule has 60 heavy (non-hydrogen) atoms. The lowest BCUT2D eigenvalue weighted by atomic mass is 9.80. The van der Waals surface area contributed by atoms with E-state index in [9.17, 15) is 57.0 Å². The molecule has 2 amide bonds. The summed E-state index contributed by atoms with van der Waals surface area (Å²) in [6.45, 7) is 6.35. The number of hydrogen-bond acceptors (Lipinski definition) is 18. The minimum atomic E-state index is -4.10. The molecule has 3 aliphatic rings. The van der Waals surface area contributed by atoms with E-state index >= 15 is 0 Å². The van der Waals surface area contributed by atoms with Gasteiger partial charge in [0.2, 0.25) is 26.3 Å². The van der Waals surface area contributed by atoms with Crippen molar-refractivity contribution in [3.63, 3.8) is 0 Å². The number of nitrogens with one attached hydrogen (secondary N) is 3. The largest absolute Gasteiger partial charge is 0.465 e. The van der Waals surface area contributed by atoms with E-state index in [0.717, 1.165) is 26.5 Å². The van der Waals surface area contributed by atoms with Gasteiger partial charge in [-0.25, -0.2) is 31.1 Å². The molecule has 1 aromatic rings. The molecule has 2 aliphatic heterocycles. The molecule has 11 atom stereocenters. The molecular weight excluding hydrogens is 843 g/mol. The molecule has 4 rings (SSSR count). The van der Waals surface area contributed by atoms with Crippen LogP contribution in [0.3, 0.4) is 0 Å². The van der Waals surface area contributed by atoms with Gasteiger partial charge in [0.25, 0.3) is 5.69 Å². The van der Waals surface area contributed by atoms with Gasteiger partial charge < -0.3 is 59.5 Å². The van der Waals surface area contributed by atoms with Crippen molar-refractivity contribution in [3.05, 3.63) is 51.8 Å². The predicted molar refractivity (Wildman–Crippen MR) is 207 cm³/mol. The summed E-state index contributed by atoms with van der Waals surface area (Å²) >= 11 is 0. The number of aliphatic hydroxyl groups is 4. The first-order valence-corrected chi connectivity index (χ1v) is 22.4. The number of non-ortho nitro benzene ring substituents is 1. The van der Waals surface area contributed by atoms with Crippen molar-refractivity contribution >= 4 is 37.9 Å². The van der Waals surface area contributed by atoms with Gasteiger partial charge in [-0.2, -0.15) is 4.31 Å². The number of ether oxygens (including phenoxy) is 6. The molecule has 7 N–H and O–H groups in total. The van der Waals surface area contributed by atoms with Gasteiger partial charge in [0.1, 0.15) is 35.8 Å². The van der Waals surface area contributed by atoms with Gasteiger partial charge in [0.05, 0.1) is 54.8 Å². The van der Waals surface area contributed by atoms with Crippen LogP contribution in [0, 0.1) is 16.0 Å². The first-order chi connectivity index (χ1) is 27.5. The monoisotopic (exact) mass is 897 g/mol. The third-order valence-corrected chi connectivity index (χ3v) is 11.8. The second kappa shape index (κ2) is 18.7. The minimum Gasteiger partial charge on any atom is -0.465 e. The standard InChI is InChI=1S/C35H55N5O18S2/c1-19-14-24(38-59(7,49)50)27(57-35(46)29(42)28(34(5,45)18-54-35)39(6)60(8,51)52)25(41)26(19)56-30-23(37-32(44)58-33(2,3)4)13-12-22(55-30)16-36-31(43)53-17-20-10-9-11-21(15-20)40(47)48/h9-12,15,19,23-30,38,41-42,45-46H,13-14,16-18H2,1-8H3,(H,36,43)(H,37,44)/t19-,23+,24+,25-,26+,27-,28+,29+,30+,34-,35-/m0/s1. The maximum absolute atomic E-state index is 12.9. The summed E-state index contributed by atoms with van der Waals surface area (Å²) in [6.07, 6.45) is -7.42. The van der Waals surface area contributed by atoms with Crippen LogP contribution < -0.4 is 15.4 Å². The molecule has 0 radical (unpaired) electrons. The van der Waals surface area contributed by atoms with Crippen LogP contribution in [0.15, 0.2) is 36.1 Å². The number of amides is 2. The number of nitro groups is 1. The lowest BCUT2D eigenvalue weighted by Gasteiger charge is -2.52. The fourth-order valence-corrected chi connectivity index (χ4v) is 8.52. The Balaban J connectivity index is 1.58. The van der Waals surface area contributed by atoms with E-state index in [0.29, 0.717) is 9.87 Å². The number of alkyl carbamates (subject to hydrolysis) is 2. The van der Waals surface area contributed by atoms with Crippen molar-refractivity contribution in [2.75, 3.05) is 32.7 Å². The Hall–Kier alpha value is -3.76. The highest BCUT2D eigenvalue weighted by Gasteiger charge is 2.61. The predicted octanol–water partition coefficient (Wildman–Crippen LogP) is -0.518. The first kappa shape index (κ1) is 48.9. The van der Waals surface area contributed by atoms with Gasteiger partial charge in [0, 0.05) is 19.2 Å². The van der Waals surface area contributed by atoms with E-state index in [4.69, 9.17) is 28.4 Å². The number of likely N-dealkylation sites (N-methyl/N-ethyl adjacent to an activating group) is 1. The highest BCUT2D eigenvalue weighted by atomic mass is 32.2. The lowest BCUT2D eigenvalue weighted by Crippen LogP contribution is -2.73. The molecule has 1 aliphatic carbocycles. The topological polar surface area (TPSA) is 321 Å². The van der Waals surface area contributed by atoms with E-state index in [-0.39, 0.29) is 37.4 Å². The summed E-state index contributed by atoms with van der Waals surface area (Å²) in [7, 11) is -7.08. The average Bonchev–Trinajstić information content (AvgIpc) is 3.11. The lowest BCUT2D eigenvalue weighted by molar-refractivity contribution is -0.451. The van der Waals surface area contributed by atoms with Crippen LogP contribution in [0.25, 0.3) is 0 Å². The molecule has 1 saturated heterocycles. The zero-order valence-electron chi connectivity index (χ0n) is 34.3. The number of benzene rings is 1. The third-order valence-electron chi connectivity index (χ3n) is 9.81. The zero-order chi connectivity index (χ0) is 45.2. The maximum atomic E-state index is 12.9.